The van der Waals surface area contributed by atoms with Crippen LogP contribution in [0.5, 0.6) is 0 Å². The van der Waals surface area contributed by atoms with Gasteiger partial charge in [0.15, 0.2) is 9.84 Å². The Labute approximate surface area is 188 Å². The van der Waals surface area contributed by atoms with Gasteiger partial charge in [-0.15, -0.1) is 0 Å². The summed E-state index contributed by atoms with van der Waals surface area (Å²) in [6, 6.07) is 11.6. The highest BCUT2D eigenvalue weighted by Gasteiger charge is 2.33. The van der Waals surface area contributed by atoms with Gasteiger partial charge in [-0.25, -0.2) is 8.42 Å². The second kappa shape index (κ2) is 8.96. The van der Waals surface area contributed by atoms with E-state index in [-0.39, 0.29) is 16.6 Å². The smallest absolute Gasteiger partial charge is 0.253 e. The zero-order chi connectivity index (χ0) is 22.8. The van der Waals surface area contributed by atoms with Gasteiger partial charge >= 0.3 is 0 Å². The van der Waals surface area contributed by atoms with E-state index < -0.39 is 15.4 Å². The number of rotatable bonds is 6. The van der Waals surface area contributed by atoms with E-state index in [0.29, 0.717) is 48.1 Å². The van der Waals surface area contributed by atoms with Crippen molar-refractivity contribution in [2.75, 3.05) is 13.1 Å². The number of piperidine rings is 1. The minimum Gasteiger partial charge on any atom is -0.390 e. The van der Waals surface area contributed by atoms with Crippen molar-refractivity contribution >= 4 is 26.8 Å². The maximum absolute atomic E-state index is 13.0. The van der Waals surface area contributed by atoms with Crippen molar-refractivity contribution in [3.63, 3.8) is 0 Å². The number of hydrogen-bond donors (Lipinski definition) is 1. The van der Waals surface area contributed by atoms with Crippen LogP contribution < -0.4 is 0 Å². The highest BCUT2D eigenvalue weighted by atomic mass is 32.2. The van der Waals surface area contributed by atoms with Gasteiger partial charge in [0.2, 0.25) is 0 Å². The maximum Gasteiger partial charge on any atom is 0.253 e. The van der Waals surface area contributed by atoms with Crippen molar-refractivity contribution < 1.29 is 18.3 Å². The third kappa shape index (κ3) is 4.66. The zero-order valence-corrected chi connectivity index (χ0v) is 18.9. The second-order valence-corrected chi connectivity index (χ2v) is 10.4. The lowest BCUT2D eigenvalue weighted by Crippen LogP contribution is -2.46. The molecule has 3 aromatic rings. The van der Waals surface area contributed by atoms with Crippen LogP contribution in [-0.4, -0.2) is 53.0 Å². The first-order valence-corrected chi connectivity index (χ1v) is 12.5. The number of fused-ring (bicyclic) bond motifs is 1. The summed E-state index contributed by atoms with van der Waals surface area (Å²) in [5.74, 6) is -0.285. The van der Waals surface area contributed by atoms with Gasteiger partial charge in [0.1, 0.15) is 5.52 Å². The Kier molecular flexibility index (Phi) is 6.26. The molecule has 0 bridgehead atoms. The molecule has 1 aliphatic heterocycles. The lowest BCUT2D eigenvalue weighted by Gasteiger charge is -2.38. The number of amides is 1. The number of benzene rings is 2. The average Bonchev–Trinajstić information content (AvgIpc) is 2.79. The van der Waals surface area contributed by atoms with Crippen LogP contribution in [-0.2, 0) is 15.6 Å². The van der Waals surface area contributed by atoms with Crippen LogP contribution in [0.4, 0.5) is 0 Å². The molecule has 1 aliphatic rings. The standard InChI is InChI=1S/C24H27N3O4S/c1-2-10-24(29)11-15-27(16-12-24)23(28)19-8-6-18(7-9-19)17-32(30,31)21-5-3-4-20-22(21)26-14-13-25-20/h3-9,13-14,29H,2,10-12,15-17H2,1H3. The van der Waals surface area contributed by atoms with Crippen molar-refractivity contribution in [2.45, 2.75) is 48.9 Å². The number of hydrogen-bond acceptors (Lipinski definition) is 6. The van der Waals surface area contributed by atoms with Crippen molar-refractivity contribution in [3.05, 3.63) is 66.0 Å². The summed E-state index contributed by atoms with van der Waals surface area (Å²) in [5, 5.41) is 10.5. The Bertz CT molecular complexity index is 1210. The predicted molar refractivity (Wildman–Crippen MR) is 122 cm³/mol. The predicted octanol–water partition coefficient (Wildman–Crippen LogP) is 3.37. The molecule has 1 aromatic heterocycles. The molecule has 0 spiro atoms. The molecule has 32 heavy (non-hydrogen) atoms. The van der Waals surface area contributed by atoms with Crippen molar-refractivity contribution in [2.24, 2.45) is 0 Å². The van der Waals surface area contributed by atoms with Gasteiger partial charge in [-0.3, -0.25) is 14.8 Å². The molecule has 0 saturated carbocycles. The molecular formula is C24H27N3O4S. The normalized spacial score (nSPS) is 16.2. The van der Waals surface area contributed by atoms with Gasteiger partial charge in [0.05, 0.1) is 21.8 Å². The summed E-state index contributed by atoms with van der Waals surface area (Å²) in [6.07, 6.45) is 5.83. The van der Waals surface area contributed by atoms with Crippen LogP contribution in [0.1, 0.15) is 48.5 Å². The van der Waals surface area contributed by atoms with E-state index in [1.165, 1.54) is 12.4 Å². The highest BCUT2D eigenvalue weighted by molar-refractivity contribution is 7.90. The molecule has 1 amide bonds. The molecule has 7 nitrogen and oxygen atoms in total. The van der Waals surface area contributed by atoms with E-state index >= 15 is 0 Å². The third-order valence-electron chi connectivity index (χ3n) is 6.05. The second-order valence-electron chi connectivity index (χ2n) is 8.40. The summed E-state index contributed by atoms with van der Waals surface area (Å²) in [6.45, 7) is 3.09. The molecule has 0 atom stereocenters. The molecule has 0 aliphatic carbocycles. The van der Waals surface area contributed by atoms with Gasteiger partial charge in [-0.2, -0.15) is 0 Å². The summed E-state index contributed by atoms with van der Waals surface area (Å²) in [7, 11) is -3.64. The van der Waals surface area contributed by atoms with E-state index in [0.717, 1.165) is 12.8 Å². The molecule has 1 saturated heterocycles. The number of sulfone groups is 1. The number of likely N-dealkylation sites (tertiary alicyclic amines) is 1. The number of nitrogens with zero attached hydrogens (tertiary/aromatic N) is 3. The largest absolute Gasteiger partial charge is 0.390 e. The maximum atomic E-state index is 13.0. The first-order valence-electron chi connectivity index (χ1n) is 10.8. The van der Waals surface area contributed by atoms with Crippen LogP contribution in [0.2, 0.25) is 0 Å². The summed E-state index contributed by atoms with van der Waals surface area (Å²) >= 11 is 0. The number of aromatic nitrogens is 2. The van der Waals surface area contributed by atoms with Crippen LogP contribution in [0, 0.1) is 0 Å². The van der Waals surface area contributed by atoms with Gasteiger partial charge in [-0.1, -0.05) is 31.5 Å². The van der Waals surface area contributed by atoms with Crippen LogP contribution >= 0.6 is 0 Å². The molecule has 0 radical (unpaired) electrons. The van der Waals surface area contributed by atoms with Crippen molar-refractivity contribution in [1.29, 1.82) is 0 Å². The molecule has 1 N–H and O–H groups in total. The van der Waals surface area contributed by atoms with E-state index in [4.69, 9.17) is 0 Å². The fourth-order valence-corrected chi connectivity index (χ4v) is 5.81. The number of para-hydroxylation sites is 1. The fraction of sp³-hybridized carbons (Fsp3) is 0.375. The Balaban J connectivity index is 1.46. The number of carbonyl (C=O) groups is 1. The topological polar surface area (TPSA) is 100 Å². The average molecular weight is 454 g/mol. The molecule has 8 heteroatoms. The van der Waals surface area contributed by atoms with Gasteiger partial charge in [0.25, 0.3) is 5.91 Å². The van der Waals surface area contributed by atoms with E-state index in [9.17, 15) is 18.3 Å². The first kappa shape index (κ1) is 22.4. The Morgan fingerprint density at radius 3 is 2.44 bits per heavy atom. The molecule has 2 aromatic carbocycles. The minimum atomic E-state index is -3.64. The molecule has 0 unspecified atom stereocenters. The van der Waals surface area contributed by atoms with Crippen LogP contribution in [0.15, 0.2) is 59.8 Å². The lowest BCUT2D eigenvalue weighted by atomic mass is 9.87. The van der Waals surface area contributed by atoms with Crippen molar-refractivity contribution in [1.82, 2.24) is 14.9 Å². The quantitative estimate of drug-likeness (QED) is 0.614. The van der Waals surface area contributed by atoms with Crippen LogP contribution in [0.25, 0.3) is 11.0 Å². The SMILES string of the molecule is CCCC1(O)CCN(C(=O)c2ccc(CS(=O)(=O)c3cccc4nccnc34)cc2)CC1. The summed E-state index contributed by atoms with van der Waals surface area (Å²) in [4.78, 5) is 23.1. The number of aliphatic hydroxyl groups is 1. The lowest BCUT2D eigenvalue weighted by molar-refractivity contribution is -0.0233. The summed E-state index contributed by atoms with van der Waals surface area (Å²) < 4.78 is 26.1. The molecular weight excluding hydrogens is 426 g/mol. The highest BCUT2D eigenvalue weighted by Crippen LogP contribution is 2.28. The molecule has 2 heterocycles. The summed E-state index contributed by atoms with van der Waals surface area (Å²) in [5.41, 5.74) is 1.33. The van der Waals surface area contributed by atoms with Gasteiger partial charge < -0.3 is 10.0 Å². The Morgan fingerprint density at radius 1 is 1.06 bits per heavy atom. The Morgan fingerprint density at radius 2 is 1.75 bits per heavy atom. The minimum absolute atomic E-state index is 0.0951. The molecule has 168 valence electrons. The van der Waals surface area contributed by atoms with E-state index in [1.807, 2.05) is 6.92 Å². The fourth-order valence-electron chi connectivity index (χ4n) is 4.28. The molecule has 1 fully saturated rings. The molecule has 4 rings (SSSR count). The third-order valence-corrected chi connectivity index (χ3v) is 7.76. The first-order chi connectivity index (χ1) is 15.3. The zero-order valence-electron chi connectivity index (χ0n) is 18.1. The van der Waals surface area contributed by atoms with E-state index in [2.05, 4.69) is 9.97 Å². The van der Waals surface area contributed by atoms with Crippen LogP contribution in [0.3, 0.4) is 0 Å². The Hall–Kier alpha value is -2.84. The van der Waals surface area contributed by atoms with Gasteiger partial charge in [0, 0.05) is 31.0 Å². The van der Waals surface area contributed by atoms with Gasteiger partial charge in [-0.05, 0) is 49.1 Å². The van der Waals surface area contributed by atoms with E-state index in [1.54, 1.807) is 47.4 Å². The monoisotopic (exact) mass is 453 g/mol. The number of carbonyl (C=O) groups excluding carboxylic acids is 1. The van der Waals surface area contributed by atoms with Crippen molar-refractivity contribution in [3.8, 4) is 0 Å².